The van der Waals surface area contributed by atoms with Crippen LogP contribution in [0.3, 0.4) is 0 Å². The van der Waals surface area contributed by atoms with Crippen LogP contribution in [0.25, 0.3) is 0 Å². The van der Waals surface area contributed by atoms with Crippen LogP contribution in [0.15, 0.2) is 29.5 Å². The molecule has 0 radical (unpaired) electrons. The summed E-state index contributed by atoms with van der Waals surface area (Å²) in [7, 11) is 3.96. The summed E-state index contributed by atoms with van der Waals surface area (Å²) in [4.78, 5) is 16.3. The Morgan fingerprint density at radius 3 is 2.63 bits per heavy atom. The zero-order valence-corrected chi connectivity index (χ0v) is 19.1. The van der Waals surface area contributed by atoms with E-state index in [4.69, 9.17) is 4.99 Å². The van der Waals surface area contributed by atoms with E-state index < -0.39 is 0 Å². The van der Waals surface area contributed by atoms with E-state index in [9.17, 15) is 0 Å². The van der Waals surface area contributed by atoms with Gasteiger partial charge in [-0.15, -0.1) is 0 Å². The van der Waals surface area contributed by atoms with Crippen LogP contribution in [-0.2, 0) is 13.6 Å². The minimum atomic E-state index is 0.677. The van der Waals surface area contributed by atoms with Gasteiger partial charge in [-0.05, 0) is 38.0 Å². The number of piperazine rings is 1. The fourth-order valence-corrected chi connectivity index (χ4v) is 3.81. The lowest BCUT2D eigenvalue weighted by atomic mass is 10.1. The standard InChI is InChI=1S/C22H36N8/c1-6-23-22(27(4)16-21-25-17-26-28(21)5)24-10-11-29-12-14-30(15-13-29)20-9-7-8-18(2)19(20)3/h7-9,17H,6,10-16H2,1-5H3,(H,23,24). The smallest absolute Gasteiger partial charge is 0.194 e. The van der Waals surface area contributed by atoms with E-state index in [1.165, 1.54) is 16.8 Å². The van der Waals surface area contributed by atoms with Crippen LogP contribution < -0.4 is 10.2 Å². The van der Waals surface area contributed by atoms with Crippen molar-refractivity contribution in [2.75, 3.05) is 57.8 Å². The van der Waals surface area contributed by atoms with Crippen molar-refractivity contribution in [2.24, 2.45) is 12.0 Å². The number of nitrogens with one attached hydrogen (secondary N) is 1. The molecule has 0 bridgehead atoms. The van der Waals surface area contributed by atoms with E-state index in [-0.39, 0.29) is 0 Å². The number of aromatic nitrogens is 3. The lowest BCUT2D eigenvalue weighted by Gasteiger charge is -2.37. The molecule has 2 aromatic rings. The van der Waals surface area contributed by atoms with Crippen molar-refractivity contribution in [3.8, 4) is 0 Å². The van der Waals surface area contributed by atoms with Gasteiger partial charge >= 0.3 is 0 Å². The quantitative estimate of drug-likeness (QED) is 0.551. The van der Waals surface area contributed by atoms with E-state index in [0.29, 0.717) is 6.54 Å². The monoisotopic (exact) mass is 412 g/mol. The molecule has 8 heteroatoms. The summed E-state index contributed by atoms with van der Waals surface area (Å²) < 4.78 is 1.80. The summed E-state index contributed by atoms with van der Waals surface area (Å²) in [6, 6.07) is 6.60. The molecule has 2 heterocycles. The zero-order chi connectivity index (χ0) is 21.5. The maximum atomic E-state index is 4.84. The average molecular weight is 413 g/mol. The van der Waals surface area contributed by atoms with E-state index in [1.807, 2.05) is 14.1 Å². The second-order valence-corrected chi connectivity index (χ2v) is 7.94. The van der Waals surface area contributed by atoms with Gasteiger partial charge in [0.2, 0.25) is 0 Å². The molecule has 3 rings (SSSR count). The van der Waals surface area contributed by atoms with Crippen molar-refractivity contribution in [3.05, 3.63) is 41.5 Å². The fraction of sp³-hybridized carbons (Fsp3) is 0.591. The van der Waals surface area contributed by atoms with Crippen LogP contribution in [-0.4, -0.2) is 83.4 Å². The summed E-state index contributed by atoms with van der Waals surface area (Å²) in [5.41, 5.74) is 4.15. The molecular weight excluding hydrogens is 376 g/mol. The van der Waals surface area contributed by atoms with Crippen LogP contribution in [0.2, 0.25) is 0 Å². The number of guanidine groups is 1. The van der Waals surface area contributed by atoms with E-state index in [0.717, 1.165) is 57.6 Å². The first kappa shape index (κ1) is 22.1. The minimum Gasteiger partial charge on any atom is -0.369 e. The Hall–Kier alpha value is -2.61. The number of hydrogen-bond donors (Lipinski definition) is 1. The van der Waals surface area contributed by atoms with Gasteiger partial charge in [0, 0.05) is 59.1 Å². The molecule has 0 atom stereocenters. The Bertz CT molecular complexity index is 835. The largest absolute Gasteiger partial charge is 0.369 e. The summed E-state index contributed by atoms with van der Waals surface area (Å²) in [5, 5.41) is 7.53. The normalized spacial score (nSPS) is 15.5. The van der Waals surface area contributed by atoms with Gasteiger partial charge in [0.25, 0.3) is 0 Å². The molecule has 0 aliphatic carbocycles. The second kappa shape index (κ2) is 10.4. The summed E-state index contributed by atoms with van der Waals surface area (Å²) in [6.45, 7) is 14.1. The number of aryl methyl sites for hydroxylation is 2. The summed E-state index contributed by atoms with van der Waals surface area (Å²) >= 11 is 0. The first-order valence-electron chi connectivity index (χ1n) is 10.9. The van der Waals surface area contributed by atoms with Crippen LogP contribution in [0, 0.1) is 13.8 Å². The molecule has 30 heavy (non-hydrogen) atoms. The van der Waals surface area contributed by atoms with Gasteiger partial charge in [-0.2, -0.15) is 5.10 Å². The third kappa shape index (κ3) is 5.50. The molecule has 0 saturated carbocycles. The molecule has 8 nitrogen and oxygen atoms in total. The van der Waals surface area contributed by atoms with Crippen LogP contribution >= 0.6 is 0 Å². The molecule has 1 aromatic heterocycles. The summed E-state index contributed by atoms with van der Waals surface area (Å²) in [5.74, 6) is 1.83. The average Bonchev–Trinajstić information content (AvgIpc) is 3.14. The Morgan fingerprint density at radius 1 is 1.20 bits per heavy atom. The maximum absolute atomic E-state index is 4.84. The van der Waals surface area contributed by atoms with Gasteiger partial charge in [-0.3, -0.25) is 14.6 Å². The van der Waals surface area contributed by atoms with Crippen molar-refractivity contribution < 1.29 is 0 Å². The molecule has 0 amide bonds. The molecule has 1 saturated heterocycles. The summed E-state index contributed by atoms with van der Waals surface area (Å²) in [6.07, 6.45) is 1.59. The lowest BCUT2D eigenvalue weighted by Crippen LogP contribution is -2.47. The Morgan fingerprint density at radius 2 is 1.97 bits per heavy atom. The van der Waals surface area contributed by atoms with E-state index >= 15 is 0 Å². The third-order valence-electron chi connectivity index (χ3n) is 5.85. The van der Waals surface area contributed by atoms with Crippen LogP contribution in [0.4, 0.5) is 5.69 Å². The highest BCUT2D eigenvalue weighted by Gasteiger charge is 2.18. The first-order chi connectivity index (χ1) is 14.5. The molecule has 1 N–H and O–H groups in total. The van der Waals surface area contributed by atoms with Crippen LogP contribution in [0.5, 0.6) is 0 Å². The van der Waals surface area contributed by atoms with Crippen molar-refractivity contribution >= 4 is 11.6 Å². The van der Waals surface area contributed by atoms with Gasteiger partial charge in [0.15, 0.2) is 5.96 Å². The number of hydrogen-bond acceptors (Lipinski definition) is 5. The number of rotatable bonds is 7. The Balaban J connectivity index is 1.50. The number of anilines is 1. The van der Waals surface area contributed by atoms with Gasteiger partial charge in [-0.25, -0.2) is 4.98 Å². The van der Waals surface area contributed by atoms with Gasteiger partial charge in [-0.1, -0.05) is 12.1 Å². The SMILES string of the molecule is CCNC(=NCCN1CCN(c2cccc(C)c2C)CC1)N(C)Cc1ncnn1C. The predicted molar refractivity (Wildman–Crippen MR) is 123 cm³/mol. The number of nitrogens with zero attached hydrogens (tertiary/aromatic N) is 7. The predicted octanol–water partition coefficient (Wildman–Crippen LogP) is 1.65. The highest BCUT2D eigenvalue weighted by Crippen LogP contribution is 2.23. The highest BCUT2D eigenvalue weighted by atomic mass is 15.4. The van der Waals surface area contributed by atoms with E-state index in [2.05, 4.69) is 69.1 Å². The topological polar surface area (TPSA) is 64.8 Å². The maximum Gasteiger partial charge on any atom is 0.194 e. The van der Waals surface area contributed by atoms with Gasteiger partial charge < -0.3 is 15.1 Å². The molecule has 0 unspecified atom stereocenters. The van der Waals surface area contributed by atoms with Crippen molar-refractivity contribution in [1.82, 2.24) is 29.9 Å². The highest BCUT2D eigenvalue weighted by molar-refractivity contribution is 5.79. The number of aliphatic imine (C=N–C) groups is 1. The fourth-order valence-electron chi connectivity index (χ4n) is 3.81. The molecule has 1 fully saturated rings. The van der Waals surface area contributed by atoms with Crippen molar-refractivity contribution in [3.63, 3.8) is 0 Å². The first-order valence-corrected chi connectivity index (χ1v) is 10.9. The zero-order valence-electron chi connectivity index (χ0n) is 19.1. The van der Waals surface area contributed by atoms with Gasteiger partial charge in [0.1, 0.15) is 12.2 Å². The third-order valence-corrected chi connectivity index (χ3v) is 5.85. The molecule has 164 valence electrons. The minimum absolute atomic E-state index is 0.677. The van der Waals surface area contributed by atoms with Gasteiger partial charge in [0.05, 0.1) is 13.1 Å². The van der Waals surface area contributed by atoms with Crippen molar-refractivity contribution in [2.45, 2.75) is 27.3 Å². The second-order valence-electron chi connectivity index (χ2n) is 7.94. The Labute approximate surface area is 180 Å². The number of benzene rings is 1. The molecule has 1 aliphatic rings. The molecule has 1 aliphatic heterocycles. The molecule has 0 spiro atoms. The Kier molecular flexibility index (Phi) is 7.68. The van der Waals surface area contributed by atoms with E-state index in [1.54, 1.807) is 11.0 Å². The van der Waals surface area contributed by atoms with Crippen LogP contribution in [0.1, 0.15) is 23.9 Å². The molecular formula is C22H36N8. The lowest BCUT2D eigenvalue weighted by molar-refractivity contribution is 0.264. The molecule has 1 aromatic carbocycles. The van der Waals surface area contributed by atoms with Crippen molar-refractivity contribution in [1.29, 1.82) is 0 Å².